The molecule has 0 aromatic heterocycles. The maximum Gasteiger partial charge on any atom is 0.317 e. The number of carboxylic acid groups (broad SMARTS) is 1. The summed E-state index contributed by atoms with van der Waals surface area (Å²) in [5.41, 5.74) is 1.39. The molecule has 2 aliphatic rings. The van der Waals surface area contributed by atoms with Crippen LogP contribution < -0.4 is 9.47 Å². The van der Waals surface area contributed by atoms with Crippen molar-refractivity contribution in [3.05, 3.63) is 29.3 Å². The van der Waals surface area contributed by atoms with Gasteiger partial charge in [0.05, 0.1) is 31.9 Å². The van der Waals surface area contributed by atoms with Gasteiger partial charge in [-0.05, 0) is 19.2 Å². The lowest BCUT2D eigenvalue weighted by molar-refractivity contribution is -0.140. The minimum Gasteiger partial charge on any atom is -0.493 e. The number of likely N-dealkylation sites (N-methyl/N-ethyl adjacent to an activating group) is 1. The fourth-order valence-electron chi connectivity index (χ4n) is 3.32. The molecule has 8 heteroatoms. The molecule has 27 heavy (non-hydrogen) atoms. The number of carbonyl (C=O) groups excluding carboxylic acids is 1. The predicted octanol–water partition coefficient (Wildman–Crippen LogP) is 0.715. The highest BCUT2D eigenvalue weighted by Gasteiger charge is 2.29. The third kappa shape index (κ3) is 4.58. The summed E-state index contributed by atoms with van der Waals surface area (Å²) in [6.45, 7) is 1.92. The van der Waals surface area contributed by atoms with Gasteiger partial charge in [-0.15, -0.1) is 0 Å². The number of carbonyl (C=O) groups is 2. The van der Waals surface area contributed by atoms with Crippen molar-refractivity contribution < 1.29 is 28.9 Å². The van der Waals surface area contributed by atoms with E-state index in [1.54, 1.807) is 24.0 Å². The summed E-state index contributed by atoms with van der Waals surface area (Å²) in [5.74, 6) is 0.312. The Labute approximate surface area is 157 Å². The number of benzene rings is 1. The molecule has 3 rings (SSSR count). The van der Waals surface area contributed by atoms with Gasteiger partial charge in [-0.2, -0.15) is 0 Å². The van der Waals surface area contributed by atoms with Gasteiger partial charge in [0.15, 0.2) is 11.5 Å². The number of amides is 1. The highest BCUT2D eigenvalue weighted by Crippen LogP contribution is 2.35. The molecule has 0 aliphatic carbocycles. The molecule has 0 spiro atoms. The minimum atomic E-state index is -0.889. The van der Waals surface area contributed by atoms with Crippen LogP contribution in [-0.2, 0) is 14.3 Å². The van der Waals surface area contributed by atoms with E-state index in [-0.39, 0.29) is 25.2 Å². The van der Waals surface area contributed by atoms with Crippen molar-refractivity contribution in [1.82, 2.24) is 9.80 Å². The van der Waals surface area contributed by atoms with E-state index in [2.05, 4.69) is 0 Å². The molecule has 0 saturated carbocycles. The van der Waals surface area contributed by atoms with Crippen molar-refractivity contribution in [3.63, 3.8) is 0 Å². The lowest BCUT2D eigenvalue weighted by Crippen LogP contribution is -2.50. The molecule has 1 unspecified atom stereocenters. The van der Waals surface area contributed by atoms with Crippen LogP contribution in [0.15, 0.2) is 23.8 Å². The van der Waals surface area contributed by atoms with Crippen LogP contribution in [0.5, 0.6) is 11.5 Å². The van der Waals surface area contributed by atoms with Crippen LogP contribution in [0.25, 0.3) is 6.08 Å². The zero-order chi connectivity index (χ0) is 19.4. The van der Waals surface area contributed by atoms with E-state index in [4.69, 9.17) is 19.3 Å². The Kier molecular flexibility index (Phi) is 5.98. The number of nitrogens with zero attached hydrogens (tertiary/aromatic N) is 2. The number of ether oxygens (including phenoxy) is 3. The van der Waals surface area contributed by atoms with E-state index in [9.17, 15) is 9.59 Å². The van der Waals surface area contributed by atoms with Crippen molar-refractivity contribution in [1.29, 1.82) is 0 Å². The number of hydrogen-bond acceptors (Lipinski definition) is 6. The van der Waals surface area contributed by atoms with Crippen LogP contribution in [0, 0.1) is 0 Å². The average Bonchev–Trinajstić information content (AvgIpc) is 2.66. The highest BCUT2D eigenvalue weighted by atomic mass is 16.5. The maximum atomic E-state index is 12.9. The fourth-order valence-corrected chi connectivity index (χ4v) is 3.32. The Morgan fingerprint density at radius 3 is 2.96 bits per heavy atom. The molecule has 0 bridgehead atoms. The molecule has 0 radical (unpaired) electrons. The van der Waals surface area contributed by atoms with Crippen molar-refractivity contribution >= 4 is 18.0 Å². The van der Waals surface area contributed by atoms with E-state index in [0.717, 1.165) is 5.56 Å². The summed E-state index contributed by atoms with van der Waals surface area (Å²) >= 11 is 0. The number of aliphatic carboxylic acids is 1. The second-order valence-electron chi connectivity index (χ2n) is 6.67. The van der Waals surface area contributed by atoms with Crippen LogP contribution in [0.2, 0.25) is 0 Å². The van der Waals surface area contributed by atoms with Gasteiger partial charge < -0.3 is 24.2 Å². The van der Waals surface area contributed by atoms with E-state index in [1.165, 1.54) is 0 Å². The van der Waals surface area contributed by atoms with Gasteiger partial charge in [0.1, 0.15) is 6.61 Å². The summed E-state index contributed by atoms with van der Waals surface area (Å²) in [6.07, 6.45) is 1.62. The summed E-state index contributed by atoms with van der Waals surface area (Å²) in [4.78, 5) is 27.1. The summed E-state index contributed by atoms with van der Waals surface area (Å²) in [5, 5.41) is 8.86. The number of fused-ring (bicyclic) bond motifs is 1. The molecule has 1 N–H and O–H groups in total. The van der Waals surface area contributed by atoms with Gasteiger partial charge in [0.2, 0.25) is 0 Å². The molecule has 2 aliphatic heterocycles. The number of morpholine rings is 1. The zero-order valence-electron chi connectivity index (χ0n) is 15.5. The fraction of sp³-hybridized carbons (Fsp3) is 0.474. The van der Waals surface area contributed by atoms with Crippen LogP contribution in [0.4, 0.5) is 0 Å². The molecular weight excluding hydrogens is 352 g/mol. The maximum absolute atomic E-state index is 12.9. The lowest BCUT2D eigenvalue weighted by Gasteiger charge is -2.35. The smallest absolute Gasteiger partial charge is 0.317 e. The Bertz CT molecular complexity index is 748. The molecular formula is C19H24N2O6. The van der Waals surface area contributed by atoms with Gasteiger partial charge >= 0.3 is 5.97 Å². The quantitative estimate of drug-likeness (QED) is 0.782. The zero-order valence-corrected chi connectivity index (χ0v) is 15.5. The van der Waals surface area contributed by atoms with Crippen LogP contribution in [0.1, 0.15) is 5.56 Å². The summed E-state index contributed by atoms with van der Waals surface area (Å²) in [7, 11) is 3.30. The molecule has 146 valence electrons. The molecule has 8 nitrogen and oxygen atoms in total. The van der Waals surface area contributed by atoms with Crippen molar-refractivity contribution in [2.75, 3.05) is 53.6 Å². The van der Waals surface area contributed by atoms with E-state index in [1.807, 2.05) is 24.3 Å². The van der Waals surface area contributed by atoms with Gasteiger partial charge in [0, 0.05) is 25.2 Å². The lowest BCUT2D eigenvalue weighted by atomic mass is 10.1. The number of carboxylic acids is 1. The summed E-state index contributed by atoms with van der Waals surface area (Å²) in [6, 6.07) is 5.56. The predicted molar refractivity (Wildman–Crippen MR) is 97.9 cm³/mol. The Hall–Kier alpha value is -2.58. The topological polar surface area (TPSA) is 88.5 Å². The number of hydrogen-bond donors (Lipinski definition) is 1. The third-order valence-electron chi connectivity index (χ3n) is 4.55. The number of methoxy groups -OCH3 is 1. The van der Waals surface area contributed by atoms with Crippen molar-refractivity contribution in [2.24, 2.45) is 0 Å². The molecule has 1 aromatic rings. The third-order valence-corrected chi connectivity index (χ3v) is 4.55. The normalized spacial score (nSPS) is 19.1. The van der Waals surface area contributed by atoms with Gasteiger partial charge in [-0.1, -0.05) is 12.1 Å². The van der Waals surface area contributed by atoms with Gasteiger partial charge in [-0.25, -0.2) is 0 Å². The second kappa shape index (κ2) is 8.41. The van der Waals surface area contributed by atoms with Crippen LogP contribution in [0.3, 0.4) is 0 Å². The monoisotopic (exact) mass is 376 g/mol. The van der Waals surface area contributed by atoms with E-state index >= 15 is 0 Å². The SMILES string of the molecule is COc1cccc2c1OCC(C(=O)N1CCOC(CN(C)CC(=O)O)C1)=C2. The van der Waals surface area contributed by atoms with Crippen molar-refractivity contribution in [2.45, 2.75) is 6.10 Å². The number of para-hydroxylation sites is 1. The molecule has 1 amide bonds. The van der Waals surface area contributed by atoms with Crippen molar-refractivity contribution in [3.8, 4) is 11.5 Å². The minimum absolute atomic E-state index is 0.0641. The average molecular weight is 376 g/mol. The Morgan fingerprint density at radius 1 is 1.41 bits per heavy atom. The second-order valence-corrected chi connectivity index (χ2v) is 6.67. The largest absolute Gasteiger partial charge is 0.493 e. The summed E-state index contributed by atoms with van der Waals surface area (Å²) < 4.78 is 16.7. The molecule has 1 saturated heterocycles. The highest BCUT2D eigenvalue weighted by molar-refractivity contribution is 5.99. The Balaban J connectivity index is 1.66. The van der Waals surface area contributed by atoms with Gasteiger partial charge in [0.25, 0.3) is 5.91 Å². The molecule has 1 aromatic carbocycles. The first-order valence-corrected chi connectivity index (χ1v) is 8.79. The van der Waals surface area contributed by atoms with E-state index in [0.29, 0.717) is 43.3 Å². The first kappa shape index (κ1) is 19.2. The standard InChI is InChI=1S/C19H24N2O6/c1-20(11-17(22)23)9-15-10-21(6-7-26-15)19(24)14-8-13-4-3-5-16(25-2)18(13)27-12-14/h3-5,8,15H,6-7,9-12H2,1-2H3,(H,22,23). The van der Waals surface area contributed by atoms with Crippen LogP contribution >= 0.6 is 0 Å². The first-order valence-electron chi connectivity index (χ1n) is 8.79. The molecule has 1 atom stereocenters. The van der Waals surface area contributed by atoms with E-state index < -0.39 is 5.97 Å². The van der Waals surface area contributed by atoms with Gasteiger partial charge in [-0.3, -0.25) is 14.5 Å². The molecule has 2 heterocycles. The Morgan fingerprint density at radius 2 is 2.22 bits per heavy atom. The first-order chi connectivity index (χ1) is 13.0. The molecule has 1 fully saturated rings. The number of rotatable bonds is 6. The van der Waals surface area contributed by atoms with Crippen LogP contribution in [-0.4, -0.2) is 86.4 Å².